The monoisotopic (exact) mass is 443 g/mol. The molecule has 0 aliphatic carbocycles. The Kier molecular flexibility index (Phi) is 6.69. The maximum absolute atomic E-state index is 12.8. The van der Waals surface area contributed by atoms with Crippen LogP contribution in [0.1, 0.15) is 31.5 Å². The number of sulfonamides is 2. The summed E-state index contributed by atoms with van der Waals surface area (Å²) in [5.41, 5.74) is 0. The van der Waals surface area contributed by atoms with Crippen LogP contribution in [-0.4, -0.2) is 62.4 Å². The molecule has 1 aliphatic rings. The van der Waals surface area contributed by atoms with Crippen molar-refractivity contribution in [2.75, 3.05) is 26.2 Å². The maximum atomic E-state index is 12.8. The van der Waals surface area contributed by atoms with Crippen molar-refractivity contribution in [3.05, 3.63) is 36.0 Å². The fraction of sp³-hybridized carbons (Fsp3) is 0.529. The van der Waals surface area contributed by atoms with E-state index in [1.807, 2.05) is 0 Å². The van der Waals surface area contributed by atoms with E-state index in [0.29, 0.717) is 44.4 Å². The molecule has 0 spiro atoms. The Labute approximate surface area is 170 Å². The Bertz CT molecular complexity index is 1030. The zero-order valence-corrected chi connectivity index (χ0v) is 17.8. The molecule has 2 aromatic rings. The average molecular weight is 444 g/mol. The molecule has 1 fully saturated rings. The minimum absolute atomic E-state index is 0.0378. The number of rotatable bonds is 8. The molecule has 0 bridgehead atoms. The number of nitrogens with zero attached hydrogens (tertiary/aromatic N) is 4. The van der Waals surface area contributed by atoms with Crippen LogP contribution in [0.25, 0.3) is 0 Å². The Morgan fingerprint density at radius 1 is 1.03 bits per heavy atom. The summed E-state index contributed by atoms with van der Waals surface area (Å²) in [6, 6.07) is 4.92. The van der Waals surface area contributed by atoms with Crippen LogP contribution >= 0.6 is 0 Å². The largest absolute Gasteiger partial charge is 0.338 e. The van der Waals surface area contributed by atoms with Gasteiger partial charge < -0.3 is 4.52 Å². The normalized spacial score (nSPS) is 16.9. The van der Waals surface area contributed by atoms with E-state index in [1.54, 1.807) is 0 Å². The lowest BCUT2D eigenvalue weighted by molar-refractivity contribution is 0.163. The molecule has 0 radical (unpaired) electrons. The lowest BCUT2D eigenvalue weighted by Gasteiger charge is -2.33. The fourth-order valence-electron chi connectivity index (χ4n) is 3.06. The predicted molar refractivity (Wildman–Crippen MR) is 105 cm³/mol. The van der Waals surface area contributed by atoms with E-state index < -0.39 is 20.0 Å². The maximum Gasteiger partial charge on any atom is 0.243 e. The molecule has 0 unspecified atom stereocenters. The minimum atomic E-state index is -3.87. The van der Waals surface area contributed by atoms with Crippen molar-refractivity contribution < 1.29 is 21.4 Å². The summed E-state index contributed by atoms with van der Waals surface area (Å²) in [6.07, 6.45) is 2.86. The molecule has 0 amide bonds. The average Bonchev–Trinajstić information content (AvgIpc) is 3.13. The van der Waals surface area contributed by atoms with Gasteiger partial charge in [-0.25, -0.2) is 22.0 Å². The van der Waals surface area contributed by atoms with Crippen molar-refractivity contribution in [3.8, 4) is 0 Å². The second-order valence-electron chi connectivity index (χ2n) is 6.90. The summed E-state index contributed by atoms with van der Waals surface area (Å²) in [5.74, 6) is 1.23. The zero-order valence-electron chi connectivity index (χ0n) is 16.2. The summed E-state index contributed by atoms with van der Waals surface area (Å²) in [6.45, 7) is 4.27. The number of aromatic nitrogens is 2. The van der Waals surface area contributed by atoms with E-state index >= 15 is 0 Å². The van der Waals surface area contributed by atoms with Gasteiger partial charge in [-0.1, -0.05) is 18.5 Å². The molecule has 160 valence electrons. The molecular weight excluding hydrogens is 418 g/mol. The highest BCUT2D eigenvalue weighted by Crippen LogP contribution is 2.20. The number of primary sulfonamides is 1. The highest BCUT2D eigenvalue weighted by atomic mass is 32.2. The molecule has 10 nitrogen and oxygen atoms in total. The van der Waals surface area contributed by atoms with Crippen LogP contribution in [0, 0.1) is 0 Å². The molecule has 1 aromatic carbocycles. The number of benzene rings is 1. The Hall–Kier alpha value is -1.86. The number of aryl methyl sites for hydroxylation is 1. The molecule has 2 N–H and O–H groups in total. The number of piperazine rings is 1. The van der Waals surface area contributed by atoms with Crippen LogP contribution < -0.4 is 5.14 Å². The van der Waals surface area contributed by atoms with Crippen molar-refractivity contribution in [3.63, 3.8) is 0 Å². The van der Waals surface area contributed by atoms with Crippen molar-refractivity contribution in [1.82, 2.24) is 19.3 Å². The van der Waals surface area contributed by atoms with Gasteiger partial charge in [-0.15, -0.1) is 0 Å². The van der Waals surface area contributed by atoms with Gasteiger partial charge in [0.05, 0.1) is 16.3 Å². The van der Waals surface area contributed by atoms with E-state index in [2.05, 4.69) is 22.0 Å². The molecular formula is C17H25N5O5S2. The molecule has 0 atom stereocenters. The smallest absolute Gasteiger partial charge is 0.243 e. The van der Waals surface area contributed by atoms with E-state index in [1.165, 1.54) is 28.6 Å². The first kappa shape index (κ1) is 21.8. The third-order valence-corrected chi connectivity index (χ3v) is 7.59. The SMILES string of the molecule is CCCCc1noc(CN2CCN(S(=O)(=O)c3ccc(S(N)(=O)=O)cc3)CC2)n1. The van der Waals surface area contributed by atoms with Gasteiger partial charge in [0.2, 0.25) is 25.9 Å². The summed E-state index contributed by atoms with van der Waals surface area (Å²) in [5, 5.41) is 9.02. The molecule has 3 rings (SSSR count). The Morgan fingerprint density at radius 3 is 2.24 bits per heavy atom. The van der Waals surface area contributed by atoms with Gasteiger partial charge in [0.25, 0.3) is 0 Å². The third kappa shape index (κ3) is 5.39. The Morgan fingerprint density at radius 2 is 1.66 bits per heavy atom. The van der Waals surface area contributed by atoms with Crippen LogP contribution in [0.3, 0.4) is 0 Å². The third-order valence-electron chi connectivity index (χ3n) is 4.74. The zero-order chi connectivity index (χ0) is 21.1. The minimum Gasteiger partial charge on any atom is -0.338 e. The number of unbranched alkanes of at least 4 members (excludes halogenated alkanes) is 1. The van der Waals surface area contributed by atoms with Crippen molar-refractivity contribution >= 4 is 20.0 Å². The highest BCUT2D eigenvalue weighted by molar-refractivity contribution is 7.89. The van der Waals surface area contributed by atoms with Gasteiger partial charge in [0.15, 0.2) is 5.82 Å². The van der Waals surface area contributed by atoms with E-state index in [0.717, 1.165) is 19.3 Å². The lowest BCUT2D eigenvalue weighted by atomic mass is 10.2. The number of hydrogen-bond acceptors (Lipinski definition) is 8. The lowest BCUT2D eigenvalue weighted by Crippen LogP contribution is -2.48. The number of nitrogens with two attached hydrogens (primary N) is 1. The van der Waals surface area contributed by atoms with Gasteiger partial charge in [-0.05, 0) is 30.7 Å². The van der Waals surface area contributed by atoms with Crippen molar-refractivity contribution in [2.24, 2.45) is 5.14 Å². The second-order valence-corrected chi connectivity index (χ2v) is 10.4. The highest BCUT2D eigenvalue weighted by Gasteiger charge is 2.29. The fourth-order valence-corrected chi connectivity index (χ4v) is 5.00. The predicted octanol–water partition coefficient (Wildman–Crippen LogP) is 0.566. The van der Waals surface area contributed by atoms with Gasteiger partial charge in [0.1, 0.15) is 0 Å². The van der Waals surface area contributed by atoms with E-state index in [9.17, 15) is 16.8 Å². The van der Waals surface area contributed by atoms with Gasteiger partial charge in [-0.2, -0.15) is 9.29 Å². The van der Waals surface area contributed by atoms with Crippen LogP contribution in [0.5, 0.6) is 0 Å². The van der Waals surface area contributed by atoms with Gasteiger partial charge >= 0.3 is 0 Å². The summed E-state index contributed by atoms with van der Waals surface area (Å²) >= 11 is 0. The van der Waals surface area contributed by atoms with Crippen LogP contribution in [0.15, 0.2) is 38.6 Å². The van der Waals surface area contributed by atoms with Crippen molar-refractivity contribution in [2.45, 2.75) is 42.5 Å². The molecule has 0 saturated carbocycles. The molecule has 12 heteroatoms. The quantitative estimate of drug-likeness (QED) is 0.624. The summed E-state index contributed by atoms with van der Waals surface area (Å²) in [7, 11) is -7.57. The molecule has 2 heterocycles. The molecule has 1 saturated heterocycles. The molecule has 29 heavy (non-hydrogen) atoms. The van der Waals surface area contributed by atoms with Crippen LogP contribution in [0.4, 0.5) is 0 Å². The van der Waals surface area contributed by atoms with Gasteiger partial charge in [0, 0.05) is 32.6 Å². The summed E-state index contributed by atoms with van der Waals surface area (Å²) in [4.78, 5) is 6.35. The molecule has 1 aliphatic heterocycles. The topological polar surface area (TPSA) is 140 Å². The second kappa shape index (κ2) is 8.88. The van der Waals surface area contributed by atoms with Crippen molar-refractivity contribution in [1.29, 1.82) is 0 Å². The van der Waals surface area contributed by atoms with Crippen LogP contribution in [-0.2, 0) is 33.0 Å². The van der Waals surface area contributed by atoms with Gasteiger partial charge in [-0.3, -0.25) is 4.90 Å². The molecule has 1 aromatic heterocycles. The Balaban J connectivity index is 1.58. The first-order chi connectivity index (χ1) is 13.7. The standard InChI is InChI=1S/C17H25N5O5S2/c1-2-3-4-16-19-17(27-20-16)13-21-9-11-22(12-10-21)29(25,26)15-7-5-14(6-8-15)28(18,23)24/h5-8H,2-4,9-13H2,1H3,(H2,18,23,24). The summed E-state index contributed by atoms with van der Waals surface area (Å²) < 4.78 is 54.9. The number of hydrogen-bond donors (Lipinski definition) is 1. The van der Waals surface area contributed by atoms with E-state index in [4.69, 9.17) is 9.66 Å². The first-order valence-electron chi connectivity index (χ1n) is 9.37. The van der Waals surface area contributed by atoms with E-state index in [-0.39, 0.29) is 9.79 Å². The van der Waals surface area contributed by atoms with Crippen LogP contribution in [0.2, 0.25) is 0 Å². The first-order valence-corrected chi connectivity index (χ1v) is 12.4.